The summed E-state index contributed by atoms with van der Waals surface area (Å²) in [4.78, 5) is 16.4. The van der Waals surface area contributed by atoms with E-state index in [-0.39, 0.29) is 0 Å². The minimum Gasteiger partial charge on any atom is -0.343 e. The van der Waals surface area contributed by atoms with Gasteiger partial charge in [0.15, 0.2) is 0 Å². The first-order valence-corrected chi connectivity index (χ1v) is 9.28. The number of aryl methyl sites for hydroxylation is 1. The number of hydrogen-bond acceptors (Lipinski definition) is 3. The molecule has 4 rings (SSSR count). The van der Waals surface area contributed by atoms with Gasteiger partial charge in [-0.05, 0) is 37.0 Å². The lowest BCUT2D eigenvalue weighted by atomic mass is 10.1. The van der Waals surface area contributed by atoms with Gasteiger partial charge in [0, 0.05) is 45.3 Å². The molecule has 132 valence electrons. The molecule has 3 heterocycles. The summed E-state index contributed by atoms with van der Waals surface area (Å²) in [6, 6.07) is 11.1. The van der Waals surface area contributed by atoms with Crippen LogP contribution in [-0.4, -0.2) is 45.1 Å². The SMILES string of the molecule is Cc1ccccc1CN1Cc2ccnn2C(CCN2CCCC2=O)C1. The van der Waals surface area contributed by atoms with Crippen LogP contribution in [-0.2, 0) is 17.9 Å². The molecule has 1 atom stereocenters. The number of amides is 1. The van der Waals surface area contributed by atoms with E-state index in [9.17, 15) is 4.79 Å². The Morgan fingerprint density at radius 1 is 1.24 bits per heavy atom. The number of hydrogen-bond donors (Lipinski definition) is 0. The second kappa shape index (κ2) is 7.00. The van der Waals surface area contributed by atoms with Gasteiger partial charge in [0.2, 0.25) is 5.91 Å². The number of fused-ring (bicyclic) bond motifs is 1. The van der Waals surface area contributed by atoms with E-state index in [1.807, 2.05) is 11.1 Å². The summed E-state index contributed by atoms with van der Waals surface area (Å²) in [5, 5.41) is 4.55. The van der Waals surface area contributed by atoms with E-state index in [2.05, 4.69) is 51.9 Å². The molecule has 5 heteroatoms. The van der Waals surface area contributed by atoms with Crippen molar-refractivity contribution in [1.82, 2.24) is 19.6 Å². The van der Waals surface area contributed by atoms with Crippen LogP contribution in [0.25, 0.3) is 0 Å². The van der Waals surface area contributed by atoms with Gasteiger partial charge in [0.25, 0.3) is 0 Å². The van der Waals surface area contributed by atoms with Crippen LogP contribution in [0, 0.1) is 6.92 Å². The van der Waals surface area contributed by atoms with E-state index in [4.69, 9.17) is 0 Å². The van der Waals surface area contributed by atoms with Crippen LogP contribution >= 0.6 is 0 Å². The first kappa shape index (κ1) is 16.3. The molecule has 1 aromatic heterocycles. The largest absolute Gasteiger partial charge is 0.343 e. The van der Waals surface area contributed by atoms with E-state index in [0.29, 0.717) is 11.9 Å². The highest BCUT2D eigenvalue weighted by Gasteiger charge is 2.27. The van der Waals surface area contributed by atoms with Crippen LogP contribution in [0.5, 0.6) is 0 Å². The molecule has 0 bridgehead atoms. The van der Waals surface area contributed by atoms with E-state index in [1.54, 1.807) is 0 Å². The van der Waals surface area contributed by atoms with Gasteiger partial charge < -0.3 is 4.90 Å². The maximum Gasteiger partial charge on any atom is 0.222 e. The molecule has 1 saturated heterocycles. The van der Waals surface area contributed by atoms with Crippen LogP contribution in [0.3, 0.4) is 0 Å². The lowest BCUT2D eigenvalue weighted by Crippen LogP contribution is -2.39. The van der Waals surface area contributed by atoms with Crippen LogP contribution in [0.15, 0.2) is 36.5 Å². The third-order valence-corrected chi connectivity index (χ3v) is 5.51. The Morgan fingerprint density at radius 2 is 2.12 bits per heavy atom. The molecule has 5 nitrogen and oxygen atoms in total. The number of carbonyl (C=O) groups is 1. The summed E-state index contributed by atoms with van der Waals surface area (Å²) in [7, 11) is 0. The van der Waals surface area contributed by atoms with Crippen molar-refractivity contribution in [3.63, 3.8) is 0 Å². The third-order valence-electron chi connectivity index (χ3n) is 5.51. The molecule has 1 amide bonds. The Hall–Kier alpha value is -2.14. The molecule has 0 radical (unpaired) electrons. The maximum absolute atomic E-state index is 11.9. The molecular formula is C20H26N4O. The number of rotatable bonds is 5. The van der Waals surface area contributed by atoms with E-state index < -0.39 is 0 Å². The van der Waals surface area contributed by atoms with Crippen LogP contribution in [0.2, 0.25) is 0 Å². The Morgan fingerprint density at radius 3 is 2.92 bits per heavy atom. The highest BCUT2D eigenvalue weighted by molar-refractivity contribution is 5.77. The van der Waals surface area contributed by atoms with Crippen molar-refractivity contribution < 1.29 is 4.79 Å². The third kappa shape index (κ3) is 3.47. The van der Waals surface area contributed by atoms with E-state index in [0.717, 1.165) is 52.0 Å². The van der Waals surface area contributed by atoms with Gasteiger partial charge in [-0.2, -0.15) is 5.10 Å². The molecule has 0 aliphatic carbocycles. The second-order valence-electron chi connectivity index (χ2n) is 7.29. The number of nitrogens with zero attached hydrogens (tertiary/aromatic N) is 4. The smallest absolute Gasteiger partial charge is 0.222 e. The van der Waals surface area contributed by atoms with Gasteiger partial charge in [0.1, 0.15) is 0 Å². The lowest BCUT2D eigenvalue weighted by molar-refractivity contribution is -0.127. The molecule has 25 heavy (non-hydrogen) atoms. The predicted octanol–water partition coefficient (Wildman–Crippen LogP) is 2.76. The number of aromatic nitrogens is 2. The highest BCUT2D eigenvalue weighted by atomic mass is 16.2. The zero-order valence-corrected chi connectivity index (χ0v) is 14.9. The highest BCUT2D eigenvalue weighted by Crippen LogP contribution is 2.26. The summed E-state index contributed by atoms with van der Waals surface area (Å²) >= 11 is 0. The number of benzene rings is 1. The Balaban J connectivity index is 1.46. The van der Waals surface area contributed by atoms with Crippen LogP contribution < -0.4 is 0 Å². The lowest BCUT2D eigenvalue weighted by Gasteiger charge is -2.35. The fourth-order valence-electron chi connectivity index (χ4n) is 4.07. The predicted molar refractivity (Wildman–Crippen MR) is 97.0 cm³/mol. The molecular weight excluding hydrogens is 312 g/mol. The second-order valence-corrected chi connectivity index (χ2v) is 7.29. The standard InChI is InChI=1S/C20H26N4O/c1-16-5-2-3-6-17(16)13-22-14-18-8-10-21-24(18)19(15-22)9-12-23-11-4-7-20(23)25/h2-3,5-6,8,10,19H,4,7,9,11-15H2,1H3. The summed E-state index contributed by atoms with van der Waals surface area (Å²) in [5.74, 6) is 0.313. The fourth-order valence-corrected chi connectivity index (χ4v) is 4.07. The zero-order chi connectivity index (χ0) is 17.2. The monoisotopic (exact) mass is 338 g/mol. The van der Waals surface area contributed by atoms with Crippen molar-refractivity contribution in [3.8, 4) is 0 Å². The molecule has 0 N–H and O–H groups in total. The molecule has 1 aromatic carbocycles. The number of likely N-dealkylation sites (tertiary alicyclic amines) is 1. The van der Waals surface area contributed by atoms with Gasteiger partial charge in [-0.3, -0.25) is 14.4 Å². The molecule has 2 aliphatic heterocycles. The maximum atomic E-state index is 11.9. The van der Waals surface area contributed by atoms with Gasteiger partial charge in [-0.15, -0.1) is 0 Å². The Labute approximate surface area is 149 Å². The van der Waals surface area contributed by atoms with E-state index in [1.165, 1.54) is 16.8 Å². The molecule has 0 saturated carbocycles. The van der Waals surface area contributed by atoms with Crippen molar-refractivity contribution in [2.24, 2.45) is 0 Å². The summed E-state index contributed by atoms with van der Waals surface area (Å²) in [6.07, 6.45) is 4.61. The minimum absolute atomic E-state index is 0.313. The van der Waals surface area contributed by atoms with Crippen molar-refractivity contribution in [2.45, 2.75) is 45.3 Å². The summed E-state index contributed by atoms with van der Waals surface area (Å²) in [5.41, 5.74) is 4.02. The topological polar surface area (TPSA) is 41.4 Å². The first-order chi connectivity index (χ1) is 12.2. The van der Waals surface area contributed by atoms with Gasteiger partial charge in [-0.1, -0.05) is 24.3 Å². The van der Waals surface area contributed by atoms with Gasteiger partial charge in [0.05, 0.1) is 11.7 Å². The van der Waals surface area contributed by atoms with Crippen molar-refractivity contribution in [2.75, 3.05) is 19.6 Å². The zero-order valence-electron chi connectivity index (χ0n) is 14.9. The number of carbonyl (C=O) groups excluding carboxylic acids is 1. The average molecular weight is 338 g/mol. The molecule has 2 aliphatic rings. The van der Waals surface area contributed by atoms with Crippen molar-refractivity contribution in [1.29, 1.82) is 0 Å². The fraction of sp³-hybridized carbons (Fsp3) is 0.500. The summed E-state index contributed by atoms with van der Waals surface area (Å²) in [6.45, 7) is 6.85. The van der Waals surface area contributed by atoms with Crippen molar-refractivity contribution >= 4 is 5.91 Å². The Kier molecular flexibility index (Phi) is 4.57. The summed E-state index contributed by atoms with van der Waals surface area (Å²) < 4.78 is 2.18. The van der Waals surface area contributed by atoms with Gasteiger partial charge >= 0.3 is 0 Å². The molecule has 2 aromatic rings. The quantitative estimate of drug-likeness (QED) is 0.842. The normalized spacial score (nSPS) is 20.9. The molecule has 1 unspecified atom stereocenters. The van der Waals surface area contributed by atoms with Gasteiger partial charge in [-0.25, -0.2) is 0 Å². The molecule has 1 fully saturated rings. The first-order valence-electron chi connectivity index (χ1n) is 9.28. The average Bonchev–Trinajstić information content (AvgIpc) is 3.23. The van der Waals surface area contributed by atoms with Crippen LogP contribution in [0.1, 0.15) is 42.1 Å². The molecule has 0 spiro atoms. The van der Waals surface area contributed by atoms with Crippen LogP contribution in [0.4, 0.5) is 0 Å². The Bertz CT molecular complexity index is 754. The van der Waals surface area contributed by atoms with E-state index >= 15 is 0 Å². The minimum atomic E-state index is 0.313. The van der Waals surface area contributed by atoms with Crippen molar-refractivity contribution in [3.05, 3.63) is 53.3 Å².